The van der Waals surface area contributed by atoms with Gasteiger partial charge in [0, 0.05) is 11.8 Å². The third kappa shape index (κ3) is 1.89. The molecule has 1 atom stereocenters. The maximum absolute atomic E-state index is 14.0. The molecule has 0 heterocycles. The lowest BCUT2D eigenvalue weighted by Crippen LogP contribution is -2.01. The van der Waals surface area contributed by atoms with Gasteiger partial charge < -0.3 is 0 Å². The zero-order chi connectivity index (χ0) is 10.6. The van der Waals surface area contributed by atoms with E-state index >= 15 is 0 Å². The van der Waals surface area contributed by atoms with Gasteiger partial charge >= 0.3 is 0 Å². The molecule has 1 rings (SSSR count). The van der Waals surface area contributed by atoms with Crippen LogP contribution >= 0.6 is 10.6 Å². The van der Waals surface area contributed by atoms with Crippen LogP contribution in [0.4, 0.5) is 3.89 Å². The Balaban J connectivity index is 3.26. The highest BCUT2D eigenvalue weighted by Crippen LogP contribution is 2.58. The van der Waals surface area contributed by atoms with Crippen molar-refractivity contribution in [3.05, 3.63) is 30.3 Å². The summed E-state index contributed by atoms with van der Waals surface area (Å²) in [6, 6.07) is 7.71. The molecule has 0 fully saturated rings. The van der Waals surface area contributed by atoms with E-state index in [1.165, 1.54) is 12.1 Å². The lowest BCUT2D eigenvalue weighted by atomic mass is 10.4. The molecule has 5 heteroatoms. The second kappa shape index (κ2) is 4.17. The maximum atomic E-state index is 14.0. The summed E-state index contributed by atoms with van der Waals surface area (Å²) in [5.41, 5.74) is 0. The van der Waals surface area contributed by atoms with Gasteiger partial charge in [0.15, 0.2) is 0 Å². The molecule has 0 N–H and O–H groups in total. The number of benzene rings is 1. The van der Waals surface area contributed by atoms with Crippen molar-refractivity contribution < 1.29 is 13.5 Å². The van der Waals surface area contributed by atoms with Gasteiger partial charge in [-0.1, -0.05) is 18.2 Å². The number of hydrogen-bond donors (Lipinski definition) is 0. The van der Waals surface area contributed by atoms with Crippen molar-refractivity contribution >= 4 is 21.8 Å². The number of carbonyl (C=O) groups is 1. The van der Waals surface area contributed by atoms with E-state index in [1.54, 1.807) is 18.2 Å². The van der Waals surface area contributed by atoms with E-state index in [4.69, 9.17) is 0 Å². The molecule has 1 unspecified atom stereocenters. The molecule has 0 aromatic heterocycles. The minimum atomic E-state index is -3.52. The Bertz CT molecular complexity index is 385. The van der Waals surface area contributed by atoms with Crippen molar-refractivity contribution in [2.24, 2.45) is 4.40 Å². The Morgan fingerprint density at radius 2 is 2.00 bits per heavy atom. The van der Waals surface area contributed by atoms with Crippen LogP contribution in [-0.2, 0) is 9.59 Å². The molecule has 14 heavy (non-hydrogen) atoms. The zero-order valence-corrected chi connectivity index (χ0v) is 8.25. The van der Waals surface area contributed by atoms with Crippen molar-refractivity contribution in [1.29, 1.82) is 0 Å². The Hall–Kier alpha value is -1.45. The van der Waals surface area contributed by atoms with E-state index < -0.39 is 15.7 Å². The molecule has 0 spiro atoms. The van der Waals surface area contributed by atoms with Gasteiger partial charge in [-0.15, -0.1) is 4.40 Å². The number of isocyanates is 1. The van der Waals surface area contributed by atoms with Crippen molar-refractivity contribution in [3.8, 4) is 0 Å². The van der Waals surface area contributed by atoms with Crippen LogP contribution in [0.3, 0.4) is 0 Å². The molecule has 3 nitrogen and oxygen atoms in total. The largest absolute Gasteiger partial charge is 0.284 e. The van der Waals surface area contributed by atoms with Gasteiger partial charge in [0.2, 0.25) is 11.2 Å². The predicted octanol–water partition coefficient (Wildman–Crippen LogP) is 2.53. The van der Waals surface area contributed by atoms with Crippen LogP contribution in [-0.4, -0.2) is 11.2 Å². The molecule has 0 amide bonds. The molecule has 0 saturated carbocycles. The van der Waals surface area contributed by atoms with Gasteiger partial charge in [-0.25, -0.2) is 4.79 Å². The third-order valence-corrected chi connectivity index (χ3v) is 3.58. The van der Waals surface area contributed by atoms with E-state index in [1.807, 2.05) is 0 Å². The summed E-state index contributed by atoms with van der Waals surface area (Å²) in [5, 5.41) is -0.757. The van der Waals surface area contributed by atoms with Gasteiger partial charge in [0.05, 0.1) is 0 Å². The highest BCUT2D eigenvalue weighted by Gasteiger charge is 2.31. The molecule has 0 bridgehead atoms. The average molecular weight is 213 g/mol. The molecule has 1 aromatic rings. The normalized spacial score (nSPS) is 16.1. The molecule has 0 radical (unpaired) electrons. The first-order valence-corrected chi connectivity index (χ1v) is 5.28. The summed E-state index contributed by atoms with van der Waals surface area (Å²) in [7, 11) is -3.52. The molecule has 1 aromatic carbocycles. The topological polar surface area (TPSA) is 46.5 Å². The summed E-state index contributed by atoms with van der Waals surface area (Å²) >= 11 is 0. The van der Waals surface area contributed by atoms with Gasteiger partial charge in [0.1, 0.15) is 10.6 Å². The Morgan fingerprint density at radius 1 is 1.43 bits per heavy atom. The van der Waals surface area contributed by atoms with Gasteiger partial charge in [-0.2, -0.15) is 3.89 Å². The third-order valence-electron chi connectivity index (χ3n) is 1.60. The second-order valence-electron chi connectivity index (χ2n) is 2.50. The molecule has 0 aliphatic heterocycles. The van der Waals surface area contributed by atoms with E-state index in [9.17, 15) is 13.5 Å². The van der Waals surface area contributed by atoms with E-state index in [0.29, 0.717) is 0 Å². The minimum absolute atomic E-state index is 0.121. The predicted molar refractivity (Wildman–Crippen MR) is 52.2 cm³/mol. The fraction of sp³-hybridized carbons (Fsp3) is 0.111. The van der Waals surface area contributed by atoms with E-state index in [2.05, 4.69) is 4.40 Å². The first kappa shape index (κ1) is 10.6. The Labute approximate surface area is 82.4 Å². The zero-order valence-electron chi connectivity index (χ0n) is 7.44. The molecular formula is C9H8FNO2S. The first-order valence-electron chi connectivity index (χ1n) is 3.79. The molecule has 74 valence electrons. The SMILES string of the molecule is CC(=O)S(F)(N=C=O)c1ccccc1. The number of hydrogen-bond acceptors (Lipinski definition) is 3. The summed E-state index contributed by atoms with van der Waals surface area (Å²) in [6.45, 7) is 1.07. The highest BCUT2D eigenvalue weighted by atomic mass is 32.3. The Morgan fingerprint density at radius 3 is 2.43 bits per heavy atom. The van der Waals surface area contributed by atoms with Crippen LogP contribution in [0.25, 0.3) is 0 Å². The fourth-order valence-corrected chi connectivity index (χ4v) is 2.12. The lowest BCUT2D eigenvalue weighted by Gasteiger charge is -2.19. The Kier molecular flexibility index (Phi) is 3.17. The molecule has 0 aliphatic rings. The van der Waals surface area contributed by atoms with Crippen LogP contribution < -0.4 is 0 Å². The van der Waals surface area contributed by atoms with E-state index in [0.717, 1.165) is 13.0 Å². The first-order chi connectivity index (χ1) is 6.61. The summed E-state index contributed by atoms with van der Waals surface area (Å²) in [4.78, 5) is 21.2. The fourth-order valence-electron chi connectivity index (χ4n) is 0.935. The standard InChI is InChI=1S/C9H8FNO2S/c1-8(13)14(10,11-7-12)9-5-3-2-4-6-9/h2-6H,1H3. The lowest BCUT2D eigenvalue weighted by molar-refractivity contribution is -0.109. The van der Waals surface area contributed by atoms with Crippen LogP contribution in [0.5, 0.6) is 0 Å². The summed E-state index contributed by atoms with van der Waals surface area (Å²) in [5.74, 6) is 0. The number of rotatable bonds is 2. The number of nitrogens with zero attached hydrogens (tertiary/aromatic N) is 1. The smallest absolute Gasteiger partial charge is 0.248 e. The van der Waals surface area contributed by atoms with Crippen LogP contribution in [0, 0.1) is 0 Å². The minimum Gasteiger partial charge on any atom is -0.284 e. The molecule has 0 aliphatic carbocycles. The summed E-state index contributed by atoms with van der Waals surface area (Å²) < 4.78 is 16.9. The van der Waals surface area contributed by atoms with Gasteiger partial charge in [0.25, 0.3) is 0 Å². The number of carbonyl (C=O) groups excluding carboxylic acids is 2. The molecule has 0 saturated heterocycles. The highest BCUT2D eigenvalue weighted by molar-refractivity contribution is 8.40. The van der Waals surface area contributed by atoms with Gasteiger partial charge in [-0.3, -0.25) is 4.79 Å². The van der Waals surface area contributed by atoms with Crippen LogP contribution in [0.15, 0.2) is 39.6 Å². The molecular weight excluding hydrogens is 205 g/mol. The quantitative estimate of drug-likeness (QED) is 0.559. The van der Waals surface area contributed by atoms with Crippen LogP contribution in [0.1, 0.15) is 6.92 Å². The van der Waals surface area contributed by atoms with Crippen molar-refractivity contribution in [2.75, 3.05) is 0 Å². The summed E-state index contributed by atoms with van der Waals surface area (Å²) in [6.07, 6.45) is 1.10. The van der Waals surface area contributed by atoms with Crippen molar-refractivity contribution in [1.82, 2.24) is 0 Å². The van der Waals surface area contributed by atoms with Crippen LogP contribution in [0.2, 0.25) is 0 Å². The average Bonchev–Trinajstić information content (AvgIpc) is 2.19. The number of halogens is 1. The van der Waals surface area contributed by atoms with Crippen molar-refractivity contribution in [2.45, 2.75) is 11.8 Å². The maximum Gasteiger partial charge on any atom is 0.248 e. The van der Waals surface area contributed by atoms with Gasteiger partial charge in [-0.05, 0) is 12.1 Å². The van der Waals surface area contributed by atoms with E-state index in [-0.39, 0.29) is 4.90 Å². The second-order valence-corrected chi connectivity index (χ2v) is 4.74. The van der Waals surface area contributed by atoms with Crippen molar-refractivity contribution in [3.63, 3.8) is 0 Å². The monoisotopic (exact) mass is 213 g/mol.